The van der Waals surface area contributed by atoms with E-state index in [2.05, 4.69) is 25.6 Å². The van der Waals surface area contributed by atoms with Crippen LogP contribution in [0.2, 0.25) is 0 Å². The summed E-state index contributed by atoms with van der Waals surface area (Å²) in [4.78, 5) is 3.01. The van der Waals surface area contributed by atoms with E-state index in [-0.39, 0.29) is 9.37 Å². The normalized spacial score (nSPS) is 11.7. The lowest BCUT2D eigenvalue weighted by molar-refractivity contribution is 0.599. The molecule has 1 heterocycles. The van der Waals surface area contributed by atoms with Gasteiger partial charge in [-0.05, 0) is 58.4 Å². The Kier molecular flexibility index (Phi) is 3.46. The minimum Gasteiger partial charge on any atom is -0.361 e. The summed E-state index contributed by atoms with van der Waals surface area (Å²) in [7, 11) is -3.79. The number of sulfonamides is 1. The summed E-state index contributed by atoms with van der Waals surface area (Å²) < 4.78 is 40.4. The molecule has 4 nitrogen and oxygen atoms in total. The Balaban J connectivity index is 1.98. The fourth-order valence-electron chi connectivity index (χ4n) is 2.02. The first-order chi connectivity index (χ1) is 9.95. The third-order valence-corrected chi connectivity index (χ3v) is 5.35. The lowest BCUT2D eigenvalue weighted by Crippen LogP contribution is -2.13. The van der Waals surface area contributed by atoms with E-state index in [1.807, 2.05) is 6.07 Å². The fourth-order valence-corrected chi connectivity index (χ4v) is 4.12. The molecule has 1 aromatic heterocycles. The van der Waals surface area contributed by atoms with Gasteiger partial charge in [0, 0.05) is 27.3 Å². The number of H-pyrrole nitrogens is 1. The topological polar surface area (TPSA) is 62.0 Å². The van der Waals surface area contributed by atoms with Crippen LogP contribution in [0.3, 0.4) is 0 Å². The summed E-state index contributed by atoms with van der Waals surface area (Å²) in [5.41, 5.74) is 1.36. The van der Waals surface area contributed by atoms with Crippen molar-refractivity contribution in [3.63, 3.8) is 0 Å². The molecule has 2 N–H and O–H groups in total. The van der Waals surface area contributed by atoms with E-state index < -0.39 is 15.8 Å². The molecule has 0 spiro atoms. The van der Waals surface area contributed by atoms with E-state index in [0.29, 0.717) is 5.69 Å². The number of aromatic amines is 1. The van der Waals surface area contributed by atoms with Crippen molar-refractivity contribution in [3.8, 4) is 0 Å². The van der Waals surface area contributed by atoms with E-state index >= 15 is 0 Å². The third-order valence-electron chi connectivity index (χ3n) is 2.99. The summed E-state index contributed by atoms with van der Waals surface area (Å²) in [6, 6.07) is 10.5. The van der Waals surface area contributed by atoms with Gasteiger partial charge in [0.05, 0.1) is 0 Å². The van der Waals surface area contributed by atoms with Gasteiger partial charge in [0.15, 0.2) is 0 Å². The Bertz CT molecular complexity index is 922. The van der Waals surface area contributed by atoms with Crippen LogP contribution in [-0.4, -0.2) is 13.4 Å². The van der Waals surface area contributed by atoms with Crippen molar-refractivity contribution in [3.05, 3.63) is 59.0 Å². The van der Waals surface area contributed by atoms with Crippen molar-refractivity contribution in [2.24, 2.45) is 0 Å². The van der Waals surface area contributed by atoms with Crippen LogP contribution in [0.1, 0.15) is 0 Å². The minimum atomic E-state index is -3.79. The Morgan fingerprint density at radius 1 is 1.10 bits per heavy atom. The van der Waals surface area contributed by atoms with Gasteiger partial charge in [-0.3, -0.25) is 4.72 Å². The van der Waals surface area contributed by atoms with Crippen molar-refractivity contribution in [1.29, 1.82) is 0 Å². The average molecular weight is 369 g/mol. The molecule has 2 aromatic carbocycles. The van der Waals surface area contributed by atoms with Crippen LogP contribution in [0.5, 0.6) is 0 Å². The highest BCUT2D eigenvalue weighted by Crippen LogP contribution is 2.26. The lowest BCUT2D eigenvalue weighted by atomic mass is 10.2. The smallest absolute Gasteiger partial charge is 0.263 e. The quantitative estimate of drug-likeness (QED) is 0.736. The van der Waals surface area contributed by atoms with Crippen molar-refractivity contribution >= 4 is 42.5 Å². The molecule has 0 bridgehead atoms. The summed E-state index contributed by atoms with van der Waals surface area (Å²) in [6.07, 6.45) is 1.78. The van der Waals surface area contributed by atoms with Gasteiger partial charge in [0.25, 0.3) is 10.0 Å². The van der Waals surface area contributed by atoms with Crippen molar-refractivity contribution in [1.82, 2.24) is 4.98 Å². The van der Waals surface area contributed by atoms with Gasteiger partial charge in [-0.2, -0.15) is 0 Å². The first-order valence-corrected chi connectivity index (χ1v) is 8.28. The van der Waals surface area contributed by atoms with E-state index in [9.17, 15) is 12.8 Å². The molecule has 0 saturated heterocycles. The summed E-state index contributed by atoms with van der Waals surface area (Å²) in [6.45, 7) is 0. The Morgan fingerprint density at radius 2 is 1.90 bits per heavy atom. The van der Waals surface area contributed by atoms with Gasteiger partial charge in [-0.25, -0.2) is 12.8 Å². The molecule has 3 rings (SSSR count). The monoisotopic (exact) mass is 368 g/mol. The molecule has 0 aliphatic heterocycles. The maximum Gasteiger partial charge on any atom is 0.263 e. The van der Waals surface area contributed by atoms with Crippen molar-refractivity contribution in [2.75, 3.05) is 4.72 Å². The minimum absolute atomic E-state index is 0.0157. The lowest BCUT2D eigenvalue weighted by Gasteiger charge is -2.10. The number of hydrogen-bond donors (Lipinski definition) is 2. The maximum absolute atomic E-state index is 13.1. The van der Waals surface area contributed by atoms with Crippen LogP contribution >= 0.6 is 15.9 Å². The standard InChI is InChI=1S/C14H10BrFN2O2S/c15-12-8-10(16)1-4-14(12)21(19,20)18-11-2-3-13-9(7-11)5-6-17-13/h1-8,17-18H. The van der Waals surface area contributed by atoms with Crippen molar-refractivity contribution < 1.29 is 12.8 Å². The largest absolute Gasteiger partial charge is 0.361 e. The van der Waals surface area contributed by atoms with Crippen LogP contribution in [0.4, 0.5) is 10.1 Å². The van der Waals surface area contributed by atoms with Gasteiger partial charge < -0.3 is 4.98 Å². The zero-order chi connectivity index (χ0) is 15.0. The molecular formula is C14H10BrFN2O2S. The predicted octanol–water partition coefficient (Wildman–Crippen LogP) is 3.87. The first kappa shape index (κ1) is 14.1. The van der Waals surface area contributed by atoms with Crippen molar-refractivity contribution in [2.45, 2.75) is 4.90 Å². The molecule has 108 valence electrons. The summed E-state index contributed by atoms with van der Waals surface area (Å²) in [5.74, 6) is -0.505. The Hall–Kier alpha value is -1.86. The number of anilines is 1. The highest BCUT2D eigenvalue weighted by molar-refractivity contribution is 9.10. The molecule has 21 heavy (non-hydrogen) atoms. The highest BCUT2D eigenvalue weighted by atomic mass is 79.9. The molecule has 0 atom stereocenters. The molecule has 0 radical (unpaired) electrons. The zero-order valence-corrected chi connectivity index (χ0v) is 13.0. The average Bonchev–Trinajstić information content (AvgIpc) is 2.85. The number of benzene rings is 2. The van der Waals surface area contributed by atoms with Gasteiger partial charge in [0.1, 0.15) is 10.7 Å². The maximum atomic E-state index is 13.1. The first-order valence-electron chi connectivity index (χ1n) is 6.01. The van der Waals surface area contributed by atoms with E-state index in [4.69, 9.17) is 0 Å². The molecule has 3 aromatic rings. The van der Waals surface area contributed by atoms with Crippen LogP contribution in [0.15, 0.2) is 58.0 Å². The van der Waals surface area contributed by atoms with Crippen LogP contribution in [0.25, 0.3) is 10.9 Å². The van der Waals surface area contributed by atoms with Crippen LogP contribution in [0, 0.1) is 5.82 Å². The van der Waals surface area contributed by atoms with Gasteiger partial charge in [-0.15, -0.1) is 0 Å². The number of rotatable bonds is 3. The van der Waals surface area contributed by atoms with E-state index in [1.54, 1.807) is 24.4 Å². The molecule has 0 aliphatic carbocycles. The fraction of sp³-hybridized carbons (Fsp3) is 0. The molecule has 0 saturated carbocycles. The van der Waals surface area contributed by atoms with E-state index in [0.717, 1.165) is 23.0 Å². The zero-order valence-electron chi connectivity index (χ0n) is 10.6. The second kappa shape index (κ2) is 5.16. The number of fused-ring (bicyclic) bond motifs is 1. The molecular weight excluding hydrogens is 359 g/mol. The second-order valence-electron chi connectivity index (χ2n) is 4.46. The summed E-state index contributed by atoms with van der Waals surface area (Å²) >= 11 is 3.07. The molecule has 0 fully saturated rings. The van der Waals surface area contributed by atoms with Gasteiger partial charge in [0.2, 0.25) is 0 Å². The Labute approximate surface area is 129 Å². The third kappa shape index (κ3) is 2.79. The van der Waals surface area contributed by atoms with E-state index in [1.165, 1.54) is 6.07 Å². The number of nitrogens with one attached hydrogen (secondary N) is 2. The molecule has 0 unspecified atom stereocenters. The predicted molar refractivity (Wildman–Crippen MR) is 83.2 cm³/mol. The molecule has 0 amide bonds. The highest BCUT2D eigenvalue weighted by Gasteiger charge is 2.18. The van der Waals surface area contributed by atoms with Crippen LogP contribution in [-0.2, 0) is 10.0 Å². The van der Waals surface area contributed by atoms with Gasteiger partial charge in [-0.1, -0.05) is 0 Å². The SMILES string of the molecule is O=S(=O)(Nc1ccc2[nH]ccc2c1)c1ccc(F)cc1Br. The number of halogens is 2. The second-order valence-corrected chi connectivity index (χ2v) is 6.97. The molecule has 7 heteroatoms. The molecule has 0 aliphatic rings. The Morgan fingerprint density at radius 3 is 2.67 bits per heavy atom. The number of hydrogen-bond acceptors (Lipinski definition) is 2. The van der Waals surface area contributed by atoms with Crippen LogP contribution < -0.4 is 4.72 Å². The van der Waals surface area contributed by atoms with Gasteiger partial charge >= 0.3 is 0 Å². The summed E-state index contributed by atoms with van der Waals surface area (Å²) in [5, 5.41) is 0.897. The number of aromatic nitrogens is 1.